The van der Waals surface area contributed by atoms with Crippen molar-refractivity contribution in [2.75, 3.05) is 6.54 Å². The molecular formula is C20H25N5O. The number of guanidine groups is 1. The van der Waals surface area contributed by atoms with Gasteiger partial charge in [0.05, 0.1) is 24.5 Å². The first-order chi connectivity index (χ1) is 12.7. The molecule has 6 heteroatoms. The monoisotopic (exact) mass is 351 g/mol. The van der Waals surface area contributed by atoms with E-state index in [1.54, 1.807) is 0 Å². The highest BCUT2D eigenvalue weighted by Crippen LogP contribution is 2.17. The average Bonchev–Trinajstić information content (AvgIpc) is 3.13. The smallest absolute Gasteiger partial charge is 0.192 e. The lowest BCUT2D eigenvalue weighted by molar-refractivity contribution is 0.372. The molecule has 0 aliphatic rings. The molecule has 0 bridgehead atoms. The molecule has 0 amide bonds. The van der Waals surface area contributed by atoms with Gasteiger partial charge in [-0.3, -0.25) is 4.98 Å². The van der Waals surface area contributed by atoms with Crippen LogP contribution in [-0.4, -0.2) is 22.6 Å². The first-order valence-electron chi connectivity index (χ1n) is 8.97. The van der Waals surface area contributed by atoms with Crippen LogP contribution in [0.1, 0.15) is 43.8 Å². The zero-order chi connectivity index (χ0) is 18.4. The van der Waals surface area contributed by atoms with E-state index in [2.05, 4.69) is 51.7 Å². The minimum atomic E-state index is 0.354. The molecule has 0 aliphatic carbocycles. The molecule has 0 radical (unpaired) electrons. The number of nitrogens with zero attached hydrogens (tertiary/aromatic N) is 3. The summed E-state index contributed by atoms with van der Waals surface area (Å²) in [5.41, 5.74) is 1.92. The van der Waals surface area contributed by atoms with Crippen molar-refractivity contribution in [2.24, 2.45) is 4.99 Å². The third-order valence-electron chi connectivity index (χ3n) is 4.09. The van der Waals surface area contributed by atoms with Crippen LogP contribution in [0.3, 0.4) is 0 Å². The van der Waals surface area contributed by atoms with Gasteiger partial charge >= 0.3 is 0 Å². The summed E-state index contributed by atoms with van der Waals surface area (Å²) in [5.74, 6) is 1.87. The summed E-state index contributed by atoms with van der Waals surface area (Å²) in [6.07, 6.45) is 1.83. The predicted octanol–water partition coefficient (Wildman–Crippen LogP) is 3.60. The molecule has 2 N–H and O–H groups in total. The van der Waals surface area contributed by atoms with E-state index in [1.165, 1.54) is 5.39 Å². The van der Waals surface area contributed by atoms with Gasteiger partial charge in [0.1, 0.15) is 0 Å². The maximum atomic E-state index is 5.37. The molecule has 0 saturated heterocycles. The van der Waals surface area contributed by atoms with Gasteiger partial charge in [-0.05, 0) is 24.3 Å². The van der Waals surface area contributed by atoms with E-state index in [1.807, 2.05) is 37.4 Å². The maximum Gasteiger partial charge on any atom is 0.192 e. The Morgan fingerprint density at radius 1 is 1.19 bits per heavy atom. The number of hydrogen-bond acceptors (Lipinski definition) is 4. The molecule has 0 spiro atoms. The van der Waals surface area contributed by atoms with Crippen LogP contribution in [0.25, 0.3) is 10.8 Å². The molecule has 3 rings (SSSR count). The quantitative estimate of drug-likeness (QED) is 0.524. The lowest BCUT2D eigenvalue weighted by Crippen LogP contribution is -2.36. The van der Waals surface area contributed by atoms with Crippen molar-refractivity contribution in [2.45, 2.75) is 39.8 Å². The first kappa shape index (κ1) is 17.9. The summed E-state index contributed by atoms with van der Waals surface area (Å²) in [6.45, 7) is 8.05. The van der Waals surface area contributed by atoms with Gasteiger partial charge in [0.15, 0.2) is 11.7 Å². The third kappa shape index (κ3) is 4.39. The molecule has 136 valence electrons. The van der Waals surface area contributed by atoms with E-state index in [0.29, 0.717) is 19.0 Å². The second-order valence-electron chi connectivity index (χ2n) is 6.40. The number of nitrogens with one attached hydrogen (secondary N) is 2. The van der Waals surface area contributed by atoms with E-state index in [9.17, 15) is 0 Å². The molecule has 0 fully saturated rings. The molecule has 2 aromatic heterocycles. The van der Waals surface area contributed by atoms with E-state index >= 15 is 0 Å². The van der Waals surface area contributed by atoms with Gasteiger partial charge in [0, 0.05) is 24.2 Å². The molecule has 26 heavy (non-hydrogen) atoms. The minimum absolute atomic E-state index is 0.354. The van der Waals surface area contributed by atoms with Crippen LogP contribution >= 0.6 is 0 Å². The molecule has 3 aromatic rings. The lowest BCUT2D eigenvalue weighted by atomic mass is 10.1. The molecule has 0 atom stereocenters. The minimum Gasteiger partial charge on any atom is -0.359 e. The molecule has 0 unspecified atom stereocenters. The van der Waals surface area contributed by atoms with Crippen LogP contribution in [0.15, 0.2) is 52.1 Å². The van der Waals surface area contributed by atoms with Gasteiger partial charge in [-0.15, -0.1) is 0 Å². The molecular weight excluding hydrogens is 326 g/mol. The fourth-order valence-electron chi connectivity index (χ4n) is 2.66. The van der Waals surface area contributed by atoms with Crippen molar-refractivity contribution in [1.29, 1.82) is 0 Å². The van der Waals surface area contributed by atoms with Gasteiger partial charge in [-0.1, -0.05) is 43.3 Å². The molecule has 0 saturated carbocycles. The molecule has 0 aliphatic heterocycles. The van der Waals surface area contributed by atoms with Crippen LogP contribution in [0.5, 0.6) is 0 Å². The Bertz CT molecular complexity index is 879. The van der Waals surface area contributed by atoms with Crippen molar-refractivity contribution < 1.29 is 4.52 Å². The molecule has 6 nitrogen and oxygen atoms in total. The number of benzene rings is 1. The van der Waals surface area contributed by atoms with Crippen LogP contribution < -0.4 is 10.6 Å². The lowest BCUT2D eigenvalue weighted by Gasteiger charge is -2.10. The van der Waals surface area contributed by atoms with E-state index in [-0.39, 0.29) is 0 Å². The van der Waals surface area contributed by atoms with Crippen molar-refractivity contribution >= 4 is 16.7 Å². The van der Waals surface area contributed by atoms with Gasteiger partial charge in [-0.25, -0.2) is 4.99 Å². The Hall–Kier alpha value is -2.89. The zero-order valence-corrected chi connectivity index (χ0v) is 15.5. The normalized spacial score (nSPS) is 11.9. The Kier molecular flexibility index (Phi) is 5.84. The van der Waals surface area contributed by atoms with Gasteiger partial charge < -0.3 is 15.2 Å². The van der Waals surface area contributed by atoms with Gasteiger partial charge in [0.25, 0.3) is 0 Å². The number of rotatable bonds is 6. The van der Waals surface area contributed by atoms with Crippen molar-refractivity contribution in [3.8, 4) is 0 Å². The first-order valence-corrected chi connectivity index (χ1v) is 8.97. The zero-order valence-electron chi connectivity index (χ0n) is 15.5. The number of aliphatic imine (C=N–C) groups is 1. The highest BCUT2D eigenvalue weighted by Gasteiger charge is 2.08. The largest absolute Gasteiger partial charge is 0.359 e. The van der Waals surface area contributed by atoms with E-state index in [4.69, 9.17) is 4.52 Å². The number of pyridine rings is 1. The van der Waals surface area contributed by atoms with Gasteiger partial charge in [0.2, 0.25) is 0 Å². The summed E-state index contributed by atoms with van der Waals surface area (Å²) < 4.78 is 5.37. The Labute approximate surface area is 153 Å². The predicted molar refractivity (Wildman–Crippen MR) is 104 cm³/mol. The summed E-state index contributed by atoms with van der Waals surface area (Å²) in [6, 6.07) is 12.2. The molecule has 1 aromatic carbocycles. The third-order valence-corrected chi connectivity index (χ3v) is 4.09. The fraction of sp³-hybridized carbons (Fsp3) is 0.350. The number of aromatic nitrogens is 2. The number of hydrogen-bond donors (Lipinski definition) is 2. The Morgan fingerprint density at radius 3 is 2.81 bits per heavy atom. The SMILES string of the molecule is CCNC(=NCc1nccc2ccccc12)NCc1cc(C(C)C)no1. The highest BCUT2D eigenvalue weighted by molar-refractivity contribution is 5.85. The van der Waals surface area contributed by atoms with Crippen molar-refractivity contribution in [3.63, 3.8) is 0 Å². The number of fused-ring (bicyclic) bond motifs is 1. The van der Waals surface area contributed by atoms with Crippen molar-refractivity contribution in [1.82, 2.24) is 20.8 Å². The fourth-order valence-corrected chi connectivity index (χ4v) is 2.66. The average molecular weight is 351 g/mol. The summed E-state index contributed by atoms with van der Waals surface area (Å²) in [4.78, 5) is 9.15. The Morgan fingerprint density at radius 2 is 2.04 bits per heavy atom. The van der Waals surface area contributed by atoms with E-state index < -0.39 is 0 Å². The van der Waals surface area contributed by atoms with Crippen LogP contribution in [0.2, 0.25) is 0 Å². The van der Waals surface area contributed by atoms with Crippen LogP contribution in [-0.2, 0) is 13.1 Å². The summed E-state index contributed by atoms with van der Waals surface area (Å²) in [5, 5.41) is 12.9. The Balaban J connectivity index is 1.70. The maximum absolute atomic E-state index is 5.37. The van der Waals surface area contributed by atoms with Crippen LogP contribution in [0, 0.1) is 0 Å². The van der Waals surface area contributed by atoms with E-state index in [0.717, 1.165) is 35.0 Å². The van der Waals surface area contributed by atoms with Gasteiger partial charge in [-0.2, -0.15) is 0 Å². The second kappa shape index (κ2) is 8.47. The topological polar surface area (TPSA) is 75.3 Å². The highest BCUT2D eigenvalue weighted by atomic mass is 16.5. The van der Waals surface area contributed by atoms with Crippen molar-refractivity contribution in [3.05, 3.63) is 59.7 Å². The molecule has 2 heterocycles. The summed E-state index contributed by atoms with van der Waals surface area (Å²) >= 11 is 0. The summed E-state index contributed by atoms with van der Waals surface area (Å²) in [7, 11) is 0. The second-order valence-corrected chi connectivity index (χ2v) is 6.40. The standard InChI is InChI=1S/C20H25N5O/c1-4-21-20(23-12-16-11-18(14(2)3)25-26-16)24-13-19-17-8-6-5-7-15(17)9-10-22-19/h5-11,14H,4,12-13H2,1-3H3,(H2,21,23,24). The van der Waals surface area contributed by atoms with Crippen LogP contribution in [0.4, 0.5) is 0 Å².